The van der Waals surface area contributed by atoms with Crippen LogP contribution in [0.3, 0.4) is 0 Å². The number of esters is 2. The molecule has 10 atom stereocenters. The molecule has 10 aliphatic rings. The molecule has 0 amide bonds. The number of likely N-dealkylation sites (tertiary alicyclic amines) is 2. The molecule has 6 fully saturated rings. The van der Waals surface area contributed by atoms with E-state index in [0.29, 0.717) is 35.8 Å². The first-order valence-electron chi connectivity index (χ1n) is 23.6. The molecule has 4 saturated carbocycles. The number of nitrogens with zero attached hydrogens (tertiary/aromatic N) is 2. The molecule has 4 N–H and O–H groups in total. The van der Waals surface area contributed by atoms with Crippen molar-refractivity contribution >= 4 is 11.9 Å². The van der Waals surface area contributed by atoms with Gasteiger partial charge < -0.3 is 39.8 Å². The van der Waals surface area contributed by atoms with Gasteiger partial charge in [0.1, 0.15) is 12.2 Å². The topological polar surface area (TPSA) is 142 Å². The summed E-state index contributed by atoms with van der Waals surface area (Å²) >= 11 is 0. The van der Waals surface area contributed by atoms with E-state index in [9.17, 15) is 19.8 Å². The summed E-state index contributed by atoms with van der Waals surface area (Å²) in [5.74, 6) is 1.71. The molecule has 12 heteroatoms. The third-order valence-electron chi connectivity index (χ3n) is 18.0. The zero-order valence-electron chi connectivity index (χ0n) is 35.8. The molecule has 12 nitrogen and oxygen atoms in total. The van der Waals surface area contributed by atoms with Crippen LogP contribution < -0.4 is 29.6 Å². The normalized spacial score (nSPS) is 38.1. The summed E-state index contributed by atoms with van der Waals surface area (Å²) in [5, 5.41) is 32.9. The van der Waals surface area contributed by atoms with Gasteiger partial charge in [-0.15, -0.1) is 0 Å². The molecule has 3 aromatic rings. The number of hydrogen-bond donors (Lipinski definition) is 4. The van der Waals surface area contributed by atoms with Crippen LogP contribution in [0.25, 0.3) is 0 Å². The predicted molar refractivity (Wildman–Crippen MR) is 228 cm³/mol. The Labute approximate surface area is 362 Å². The van der Waals surface area contributed by atoms with E-state index in [4.69, 9.17) is 18.9 Å². The first-order chi connectivity index (χ1) is 30.1. The Morgan fingerprint density at radius 2 is 1.08 bits per heavy atom. The Kier molecular flexibility index (Phi) is 8.22. The van der Waals surface area contributed by atoms with E-state index in [2.05, 4.69) is 32.6 Å². The van der Waals surface area contributed by atoms with Crippen LogP contribution in [-0.2, 0) is 23.7 Å². The third kappa shape index (κ3) is 4.94. The van der Waals surface area contributed by atoms with Crippen molar-refractivity contribution in [2.24, 2.45) is 11.8 Å². The van der Waals surface area contributed by atoms with Gasteiger partial charge in [0.25, 0.3) is 0 Å². The second-order valence-electron chi connectivity index (χ2n) is 20.7. The van der Waals surface area contributed by atoms with Crippen molar-refractivity contribution in [2.45, 2.75) is 135 Å². The summed E-state index contributed by atoms with van der Waals surface area (Å²) in [6.45, 7) is 3.86. The van der Waals surface area contributed by atoms with Gasteiger partial charge in [-0.1, -0.05) is 24.3 Å². The molecular weight excluding hydrogens is 785 g/mol. The maximum absolute atomic E-state index is 14.4. The summed E-state index contributed by atoms with van der Waals surface area (Å²) in [4.78, 5) is 33.8. The Hall–Kier alpha value is -4.04. The molecule has 4 heterocycles. The lowest BCUT2D eigenvalue weighted by Crippen LogP contribution is -2.78. The second-order valence-corrected chi connectivity index (χ2v) is 20.7. The minimum Gasteiger partial charge on any atom is -0.483 e. The third-order valence-corrected chi connectivity index (χ3v) is 18.0. The number of ether oxygens (including phenoxy) is 4. The molecule has 4 bridgehead atoms. The van der Waals surface area contributed by atoms with Crippen molar-refractivity contribution in [3.8, 4) is 23.0 Å². The summed E-state index contributed by atoms with van der Waals surface area (Å²) in [7, 11) is 3.92. The molecule has 13 rings (SSSR count). The first-order valence-corrected chi connectivity index (χ1v) is 23.6. The van der Waals surface area contributed by atoms with E-state index in [1.54, 1.807) is 24.3 Å². The van der Waals surface area contributed by atoms with Gasteiger partial charge in [0.2, 0.25) is 0 Å². The standard InChI is InChI=1S/C50H58N4O8/c1-51-33-15-17-49(57)37-23-29-11-13-35(41-39(29)47(49,43(33)61-41)19-21-53(37)25-27-7-8-27)59-45(55)31-5-3-4-6-32(31)46(56)60-36-14-12-30-24-38-50(58)18-16-34(52-2)44-48(50,40(30)42(36)62-44)20-22-54(38)26-28-9-10-28/h3-6,11-14,27-28,33-34,37-38,43-44,51-52,57-58H,7-10,15-26H2,1-2H3/t33?,34?,37-,38-,43?,44?,47+,48+,49-,50-/m1/s1. The monoisotopic (exact) mass is 842 g/mol. The molecule has 2 saturated heterocycles. The number of piperidine rings is 2. The van der Waals surface area contributed by atoms with Crippen molar-refractivity contribution in [3.63, 3.8) is 0 Å². The highest BCUT2D eigenvalue weighted by atomic mass is 16.6. The molecule has 326 valence electrons. The van der Waals surface area contributed by atoms with Crippen LogP contribution in [0.2, 0.25) is 0 Å². The van der Waals surface area contributed by atoms with Gasteiger partial charge in [-0.25, -0.2) is 9.59 Å². The summed E-state index contributed by atoms with van der Waals surface area (Å²) in [5.41, 5.74) is 1.26. The Bertz CT molecular complexity index is 2250. The van der Waals surface area contributed by atoms with Crippen LogP contribution in [-0.4, -0.2) is 120 Å². The lowest BCUT2D eigenvalue weighted by Gasteiger charge is -2.64. The summed E-state index contributed by atoms with van der Waals surface area (Å²) in [6, 6.07) is 14.5. The van der Waals surface area contributed by atoms with Crippen LogP contribution >= 0.6 is 0 Å². The Balaban J connectivity index is 0.815. The molecule has 6 aliphatic carbocycles. The Morgan fingerprint density at radius 3 is 1.48 bits per heavy atom. The molecular formula is C50H58N4O8. The number of carbonyl (C=O) groups excluding carboxylic acids is 2. The molecule has 4 aliphatic heterocycles. The number of nitrogens with one attached hydrogen (secondary N) is 2. The fraction of sp³-hybridized carbons (Fsp3) is 0.600. The number of rotatable bonds is 10. The maximum Gasteiger partial charge on any atom is 0.344 e. The highest BCUT2D eigenvalue weighted by molar-refractivity contribution is 6.04. The molecule has 3 aromatic carbocycles. The molecule has 0 radical (unpaired) electrons. The second kappa shape index (κ2) is 13.3. The fourth-order valence-corrected chi connectivity index (χ4v) is 14.8. The lowest BCUT2D eigenvalue weighted by molar-refractivity contribution is -0.191. The van der Waals surface area contributed by atoms with E-state index < -0.39 is 34.0 Å². The fourth-order valence-electron chi connectivity index (χ4n) is 14.8. The van der Waals surface area contributed by atoms with E-state index in [-0.39, 0.29) is 47.5 Å². The number of carbonyl (C=O) groups is 2. The summed E-state index contributed by atoms with van der Waals surface area (Å²) in [6.07, 6.45) is 10.4. The van der Waals surface area contributed by atoms with Gasteiger partial charge in [0, 0.05) is 48.4 Å². The molecule has 2 spiro atoms. The van der Waals surface area contributed by atoms with Gasteiger partial charge in [-0.3, -0.25) is 9.80 Å². The first kappa shape index (κ1) is 38.4. The van der Waals surface area contributed by atoms with E-state index in [0.717, 1.165) is 98.8 Å². The van der Waals surface area contributed by atoms with Crippen LogP contribution in [0, 0.1) is 11.8 Å². The van der Waals surface area contributed by atoms with Gasteiger partial charge in [-0.2, -0.15) is 0 Å². The number of hydrogen-bond acceptors (Lipinski definition) is 12. The van der Waals surface area contributed by atoms with Crippen LogP contribution in [0.5, 0.6) is 23.0 Å². The van der Waals surface area contributed by atoms with E-state index in [1.807, 2.05) is 26.2 Å². The van der Waals surface area contributed by atoms with Crippen molar-refractivity contribution < 1.29 is 38.7 Å². The number of likely N-dealkylation sites (N-methyl/N-ethyl adjacent to an activating group) is 2. The quantitative estimate of drug-likeness (QED) is 0.170. The average Bonchev–Trinajstić information content (AvgIpc) is 4.20. The molecule has 4 unspecified atom stereocenters. The minimum absolute atomic E-state index is 0.0117. The maximum atomic E-state index is 14.4. The van der Waals surface area contributed by atoms with Crippen molar-refractivity contribution in [2.75, 3.05) is 40.3 Å². The van der Waals surface area contributed by atoms with Gasteiger partial charge in [0.05, 0.1) is 33.2 Å². The van der Waals surface area contributed by atoms with Crippen LogP contribution in [0.15, 0.2) is 48.5 Å². The molecule has 62 heavy (non-hydrogen) atoms. The van der Waals surface area contributed by atoms with E-state index in [1.165, 1.54) is 25.7 Å². The average molecular weight is 843 g/mol. The van der Waals surface area contributed by atoms with Gasteiger partial charge in [0.15, 0.2) is 23.0 Å². The van der Waals surface area contributed by atoms with Crippen molar-refractivity contribution in [1.82, 2.24) is 20.4 Å². The predicted octanol–water partition coefficient (Wildman–Crippen LogP) is 4.43. The van der Waals surface area contributed by atoms with Gasteiger partial charge >= 0.3 is 11.9 Å². The Morgan fingerprint density at radius 1 is 0.645 bits per heavy atom. The largest absolute Gasteiger partial charge is 0.483 e. The number of aliphatic hydroxyl groups is 2. The van der Waals surface area contributed by atoms with Crippen molar-refractivity contribution in [1.29, 1.82) is 0 Å². The van der Waals surface area contributed by atoms with Crippen LogP contribution in [0.1, 0.15) is 107 Å². The smallest absolute Gasteiger partial charge is 0.344 e. The zero-order valence-corrected chi connectivity index (χ0v) is 35.8. The SMILES string of the molecule is CNC1CC[C@@]2(O)[C@H]3Cc4ccc(OC(=O)c5ccccc5C(=O)Oc5ccc6c7c5OC5C(NC)CC[C@@]8(O)[C@@H](C6)N(CC6CC6)CC[C@]758)c5c4[C@@]2(CCN3CC2CC2)C1O5. The van der Waals surface area contributed by atoms with Gasteiger partial charge in [-0.05, 0) is 151 Å². The number of benzene rings is 3. The highest BCUT2D eigenvalue weighted by Gasteiger charge is 2.74. The highest BCUT2D eigenvalue weighted by Crippen LogP contribution is 2.67. The molecule has 0 aromatic heterocycles. The lowest BCUT2D eigenvalue weighted by atomic mass is 9.48. The minimum atomic E-state index is -0.963. The summed E-state index contributed by atoms with van der Waals surface area (Å²) < 4.78 is 26.4. The zero-order chi connectivity index (χ0) is 41.9. The van der Waals surface area contributed by atoms with E-state index >= 15 is 0 Å². The van der Waals surface area contributed by atoms with Crippen LogP contribution in [0.4, 0.5) is 0 Å². The van der Waals surface area contributed by atoms with Crippen molar-refractivity contribution in [3.05, 3.63) is 81.9 Å².